The molecule has 0 bridgehead atoms. The molecule has 0 spiro atoms. The van der Waals surface area contributed by atoms with E-state index in [9.17, 15) is 4.79 Å². The van der Waals surface area contributed by atoms with Crippen LogP contribution in [0, 0.1) is 5.41 Å². The van der Waals surface area contributed by atoms with Crippen molar-refractivity contribution >= 4 is 21.7 Å². The van der Waals surface area contributed by atoms with Crippen LogP contribution < -0.4 is 0 Å². The zero-order chi connectivity index (χ0) is 14.6. The fourth-order valence-electron chi connectivity index (χ4n) is 1.94. The molecule has 0 saturated heterocycles. The van der Waals surface area contributed by atoms with Crippen LogP contribution in [0.5, 0.6) is 0 Å². The van der Waals surface area contributed by atoms with Gasteiger partial charge in [-0.25, -0.2) is 0 Å². The molecule has 0 aliphatic carbocycles. The van der Waals surface area contributed by atoms with Gasteiger partial charge in [0.2, 0.25) is 0 Å². The third-order valence-electron chi connectivity index (χ3n) is 3.75. The summed E-state index contributed by atoms with van der Waals surface area (Å²) < 4.78 is 0.953. The molecule has 0 saturated carbocycles. The molecule has 0 aliphatic rings. The number of nitrogens with zero attached hydrogens (tertiary/aromatic N) is 1. The molecule has 0 heterocycles. The molecule has 1 unspecified atom stereocenters. The Morgan fingerprint density at radius 1 is 1.37 bits per heavy atom. The highest BCUT2D eigenvalue weighted by molar-refractivity contribution is 9.10. The van der Waals surface area contributed by atoms with E-state index >= 15 is 0 Å². The molecule has 3 heteroatoms. The Balaban J connectivity index is 2.55. The fraction of sp³-hybridized carbons (Fsp3) is 0.562. The Morgan fingerprint density at radius 3 is 2.53 bits per heavy atom. The lowest BCUT2D eigenvalue weighted by molar-refractivity contribution is 0.0928. The molecule has 0 amide bonds. The van der Waals surface area contributed by atoms with Gasteiger partial charge in [-0.1, -0.05) is 48.8 Å². The van der Waals surface area contributed by atoms with Crippen molar-refractivity contribution in [2.75, 3.05) is 13.6 Å². The molecule has 1 rings (SSSR count). The summed E-state index contributed by atoms with van der Waals surface area (Å²) in [4.78, 5) is 14.4. The number of Topliss-reactive ketones (excluding diaryl/α,β-unsaturated/α-hetero) is 1. The van der Waals surface area contributed by atoms with E-state index in [1.807, 2.05) is 24.3 Å². The van der Waals surface area contributed by atoms with Gasteiger partial charge >= 0.3 is 0 Å². The van der Waals surface area contributed by atoms with E-state index in [1.165, 1.54) is 0 Å². The van der Waals surface area contributed by atoms with Gasteiger partial charge < -0.3 is 4.90 Å². The minimum Gasteiger partial charge on any atom is -0.303 e. The SMILES string of the molecule is CC(N(C)CCC(=O)c1cccc(Br)c1)C(C)(C)C. The number of halogens is 1. The predicted octanol–water partition coefficient (Wildman–Crippen LogP) is 4.39. The van der Waals surface area contributed by atoms with Crippen molar-refractivity contribution in [2.24, 2.45) is 5.41 Å². The average Bonchev–Trinajstić information content (AvgIpc) is 2.33. The van der Waals surface area contributed by atoms with Crippen molar-refractivity contribution in [1.29, 1.82) is 0 Å². The first-order valence-electron chi connectivity index (χ1n) is 6.71. The van der Waals surface area contributed by atoms with Crippen molar-refractivity contribution in [1.82, 2.24) is 4.90 Å². The largest absolute Gasteiger partial charge is 0.303 e. The number of benzene rings is 1. The van der Waals surface area contributed by atoms with Crippen molar-refractivity contribution in [3.63, 3.8) is 0 Å². The highest BCUT2D eigenvalue weighted by atomic mass is 79.9. The second-order valence-corrected chi connectivity index (χ2v) is 7.12. The monoisotopic (exact) mass is 325 g/mol. The molecular formula is C16H24BrNO. The van der Waals surface area contributed by atoms with Crippen molar-refractivity contribution in [2.45, 2.75) is 40.2 Å². The van der Waals surface area contributed by atoms with Gasteiger partial charge in [-0.05, 0) is 31.5 Å². The number of carbonyl (C=O) groups excluding carboxylic acids is 1. The molecule has 2 nitrogen and oxygen atoms in total. The highest BCUT2D eigenvalue weighted by Gasteiger charge is 2.23. The molecule has 1 aromatic carbocycles. The third kappa shape index (κ3) is 5.07. The first-order valence-corrected chi connectivity index (χ1v) is 7.50. The van der Waals surface area contributed by atoms with Crippen LogP contribution in [0.4, 0.5) is 0 Å². The summed E-state index contributed by atoms with van der Waals surface area (Å²) in [5, 5.41) is 0. The molecule has 0 aliphatic heterocycles. The number of hydrogen-bond acceptors (Lipinski definition) is 2. The average molecular weight is 326 g/mol. The van der Waals surface area contributed by atoms with Crippen LogP contribution in [0.2, 0.25) is 0 Å². The number of ketones is 1. The summed E-state index contributed by atoms with van der Waals surface area (Å²) in [6, 6.07) is 8.04. The van der Waals surface area contributed by atoms with Gasteiger partial charge in [0.25, 0.3) is 0 Å². The summed E-state index contributed by atoms with van der Waals surface area (Å²) in [6.07, 6.45) is 0.563. The van der Waals surface area contributed by atoms with Crippen LogP contribution in [0.15, 0.2) is 28.7 Å². The number of rotatable bonds is 5. The Labute approximate surface area is 125 Å². The Kier molecular flexibility index (Phi) is 5.75. The first kappa shape index (κ1) is 16.4. The van der Waals surface area contributed by atoms with Crippen LogP contribution in [-0.4, -0.2) is 30.3 Å². The van der Waals surface area contributed by atoms with Crippen LogP contribution in [0.1, 0.15) is 44.5 Å². The van der Waals surface area contributed by atoms with E-state index in [0.29, 0.717) is 12.5 Å². The van der Waals surface area contributed by atoms with Crippen LogP contribution in [-0.2, 0) is 0 Å². The fourth-order valence-corrected chi connectivity index (χ4v) is 2.34. The van der Waals surface area contributed by atoms with Gasteiger partial charge in [-0.3, -0.25) is 4.79 Å². The number of hydrogen-bond donors (Lipinski definition) is 0. The van der Waals surface area contributed by atoms with Crippen molar-refractivity contribution in [3.05, 3.63) is 34.3 Å². The summed E-state index contributed by atoms with van der Waals surface area (Å²) >= 11 is 3.40. The van der Waals surface area contributed by atoms with Crippen molar-refractivity contribution < 1.29 is 4.79 Å². The van der Waals surface area contributed by atoms with Crippen molar-refractivity contribution in [3.8, 4) is 0 Å². The predicted molar refractivity (Wildman–Crippen MR) is 84.6 cm³/mol. The standard InChI is InChI=1S/C16H24BrNO/c1-12(16(2,3)4)18(5)10-9-15(19)13-7-6-8-14(17)11-13/h6-8,11-12H,9-10H2,1-5H3. The van der Waals surface area contributed by atoms with E-state index in [-0.39, 0.29) is 11.2 Å². The van der Waals surface area contributed by atoms with E-state index in [1.54, 1.807) is 0 Å². The molecule has 0 N–H and O–H groups in total. The lowest BCUT2D eigenvalue weighted by Gasteiger charge is -2.35. The molecule has 19 heavy (non-hydrogen) atoms. The van der Waals surface area contributed by atoms with E-state index in [2.05, 4.69) is 55.6 Å². The second-order valence-electron chi connectivity index (χ2n) is 6.21. The molecule has 1 atom stereocenters. The molecule has 0 radical (unpaired) electrons. The third-order valence-corrected chi connectivity index (χ3v) is 4.25. The topological polar surface area (TPSA) is 20.3 Å². The van der Waals surface area contributed by atoms with Gasteiger partial charge in [-0.2, -0.15) is 0 Å². The first-order chi connectivity index (χ1) is 8.71. The Morgan fingerprint density at radius 2 is 2.00 bits per heavy atom. The lowest BCUT2D eigenvalue weighted by Crippen LogP contribution is -2.40. The molecule has 0 aromatic heterocycles. The highest BCUT2D eigenvalue weighted by Crippen LogP contribution is 2.23. The van der Waals surface area contributed by atoms with Crippen LogP contribution in [0.25, 0.3) is 0 Å². The Hall–Kier alpha value is -0.670. The van der Waals surface area contributed by atoms with Gasteiger partial charge in [0.05, 0.1) is 0 Å². The van der Waals surface area contributed by atoms with Crippen LogP contribution in [0.3, 0.4) is 0 Å². The minimum atomic E-state index is 0.203. The smallest absolute Gasteiger partial charge is 0.164 e. The molecule has 1 aromatic rings. The zero-order valence-electron chi connectivity index (χ0n) is 12.5. The zero-order valence-corrected chi connectivity index (χ0v) is 14.1. The van der Waals surface area contributed by atoms with Crippen LogP contribution >= 0.6 is 15.9 Å². The van der Waals surface area contributed by atoms with Gasteiger partial charge in [0.15, 0.2) is 5.78 Å². The molecular weight excluding hydrogens is 302 g/mol. The molecule has 0 fully saturated rings. The molecule has 106 valence electrons. The lowest BCUT2D eigenvalue weighted by atomic mass is 9.87. The van der Waals surface area contributed by atoms with Gasteiger partial charge in [0, 0.05) is 29.0 Å². The summed E-state index contributed by atoms with van der Waals surface area (Å²) in [5.41, 5.74) is 1.01. The van der Waals surface area contributed by atoms with Gasteiger partial charge in [-0.15, -0.1) is 0 Å². The van der Waals surface area contributed by atoms with E-state index in [0.717, 1.165) is 16.6 Å². The number of carbonyl (C=O) groups is 1. The van der Waals surface area contributed by atoms with E-state index in [4.69, 9.17) is 0 Å². The van der Waals surface area contributed by atoms with Gasteiger partial charge in [0.1, 0.15) is 0 Å². The maximum atomic E-state index is 12.1. The normalized spacial score (nSPS) is 13.6. The Bertz CT molecular complexity index is 437. The minimum absolute atomic E-state index is 0.203. The second kappa shape index (κ2) is 6.67. The summed E-state index contributed by atoms with van der Waals surface area (Å²) in [7, 11) is 2.09. The maximum Gasteiger partial charge on any atom is 0.164 e. The summed E-state index contributed by atoms with van der Waals surface area (Å²) in [5.74, 6) is 0.203. The quantitative estimate of drug-likeness (QED) is 0.748. The maximum absolute atomic E-state index is 12.1. The summed E-state index contributed by atoms with van der Waals surface area (Å²) in [6.45, 7) is 9.69. The van der Waals surface area contributed by atoms with E-state index < -0.39 is 0 Å².